The first-order valence-corrected chi connectivity index (χ1v) is 12.6. The Labute approximate surface area is 213 Å². The molecule has 1 N–H and O–H groups in total. The lowest BCUT2D eigenvalue weighted by Gasteiger charge is -2.12. The summed E-state index contributed by atoms with van der Waals surface area (Å²) in [6, 6.07) is 15.6. The number of aromatic nitrogens is 2. The monoisotopic (exact) mass is 527 g/mol. The van der Waals surface area contributed by atoms with Crippen LogP contribution in [-0.4, -0.2) is 52.5 Å². The summed E-state index contributed by atoms with van der Waals surface area (Å²) in [6.45, 7) is -0.401. The number of nitrogens with zero attached hydrogens (tertiary/aromatic N) is 2. The third-order valence-electron chi connectivity index (χ3n) is 5.39. The standard InChI is InChI=1S/C25H25N3O8S/c1-32-20-13-18(14-21(33-2)24(20)34-3)25-28-27-22(36-25)15-35-23(29)10-11-26-37(30,31)19-9-8-16-6-4-5-7-17(16)12-19/h4-9,12-14,26H,10-11,15H2,1-3H3. The van der Waals surface area contributed by atoms with Gasteiger partial charge in [0.2, 0.25) is 21.7 Å². The maximum atomic E-state index is 12.6. The molecule has 194 valence electrons. The lowest BCUT2D eigenvalue weighted by atomic mass is 10.1. The van der Waals surface area contributed by atoms with E-state index in [2.05, 4.69) is 14.9 Å². The van der Waals surface area contributed by atoms with E-state index >= 15 is 0 Å². The van der Waals surface area contributed by atoms with E-state index in [4.69, 9.17) is 23.4 Å². The number of carbonyl (C=O) groups is 1. The number of esters is 1. The number of carbonyl (C=O) groups excluding carboxylic acids is 1. The summed E-state index contributed by atoms with van der Waals surface area (Å²) in [7, 11) is 0.683. The smallest absolute Gasteiger partial charge is 0.307 e. The normalized spacial score (nSPS) is 11.3. The van der Waals surface area contributed by atoms with E-state index in [1.807, 2.05) is 24.3 Å². The zero-order valence-corrected chi connectivity index (χ0v) is 21.2. The summed E-state index contributed by atoms with van der Waals surface area (Å²) in [5.41, 5.74) is 0.516. The fraction of sp³-hybridized carbons (Fsp3) is 0.240. The third kappa shape index (κ3) is 5.98. The number of methoxy groups -OCH3 is 3. The Kier molecular flexibility index (Phi) is 7.89. The lowest BCUT2D eigenvalue weighted by molar-refractivity contribution is -0.145. The molecule has 12 heteroatoms. The Hall–Kier alpha value is -4.16. The van der Waals surface area contributed by atoms with Gasteiger partial charge >= 0.3 is 5.97 Å². The van der Waals surface area contributed by atoms with Gasteiger partial charge in [0.15, 0.2) is 18.1 Å². The van der Waals surface area contributed by atoms with Gasteiger partial charge in [-0.05, 0) is 35.0 Å². The van der Waals surface area contributed by atoms with Crippen molar-refractivity contribution in [3.63, 3.8) is 0 Å². The van der Waals surface area contributed by atoms with Crippen molar-refractivity contribution >= 4 is 26.8 Å². The Morgan fingerprint density at radius 2 is 1.62 bits per heavy atom. The second kappa shape index (κ2) is 11.3. The van der Waals surface area contributed by atoms with Gasteiger partial charge in [0.1, 0.15) is 0 Å². The average molecular weight is 528 g/mol. The van der Waals surface area contributed by atoms with Crippen molar-refractivity contribution < 1.29 is 36.6 Å². The minimum Gasteiger partial charge on any atom is -0.493 e. The maximum Gasteiger partial charge on any atom is 0.307 e. The number of fused-ring (bicyclic) bond motifs is 1. The molecular formula is C25H25N3O8S. The van der Waals surface area contributed by atoms with Crippen LogP contribution in [0.25, 0.3) is 22.2 Å². The van der Waals surface area contributed by atoms with E-state index in [-0.39, 0.29) is 36.2 Å². The molecule has 0 saturated carbocycles. The molecule has 4 aromatic rings. The molecule has 0 aliphatic heterocycles. The minimum atomic E-state index is -3.79. The molecule has 0 saturated heterocycles. The molecule has 0 spiro atoms. The second-order valence-electron chi connectivity index (χ2n) is 7.73. The Bertz CT molecular complexity index is 1490. The quantitative estimate of drug-likeness (QED) is 0.289. The van der Waals surface area contributed by atoms with Crippen LogP contribution >= 0.6 is 0 Å². The van der Waals surface area contributed by atoms with Crippen LogP contribution in [0.2, 0.25) is 0 Å². The Morgan fingerprint density at radius 1 is 0.919 bits per heavy atom. The van der Waals surface area contributed by atoms with Gasteiger partial charge in [-0.15, -0.1) is 10.2 Å². The molecule has 0 amide bonds. The van der Waals surface area contributed by atoms with Crippen molar-refractivity contribution in [1.82, 2.24) is 14.9 Å². The van der Waals surface area contributed by atoms with Crippen LogP contribution in [-0.2, 0) is 26.2 Å². The number of ether oxygens (including phenoxy) is 4. The zero-order chi connectivity index (χ0) is 26.4. The van der Waals surface area contributed by atoms with Gasteiger partial charge < -0.3 is 23.4 Å². The van der Waals surface area contributed by atoms with Crippen LogP contribution in [0.1, 0.15) is 12.3 Å². The topological polar surface area (TPSA) is 139 Å². The molecule has 11 nitrogen and oxygen atoms in total. The van der Waals surface area contributed by atoms with E-state index < -0.39 is 16.0 Å². The molecule has 1 aromatic heterocycles. The summed E-state index contributed by atoms with van der Waals surface area (Å²) < 4.78 is 54.2. The SMILES string of the molecule is COc1cc(-c2nnc(COC(=O)CCNS(=O)(=O)c3ccc4ccccc4c3)o2)cc(OC)c1OC. The van der Waals surface area contributed by atoms with Gasteiger partial charge in [0, 0.05) is 12.1 Å². The molecule has 0 aliphatic rings. The molecule has 3 aromatic carbocycles. The largest absolute Gasteiger partial charge is 0.493 e. The number of hydrogen-bond donors (Lipinski definition) is 1. The fourth-order valence-corrected chi connectivity index (χ4v) is 4.62. The summed E-state index contributed by atoms with van der Waals surface area (Å²) in [4.78, 5) is 12.2. The Balaban J connectivity index is 1.31. The van der Waals surface area contributed by atoms with Gasteiger partial charge in [-0.1, -0.05) is 30.3 Å². The van der Waals surface area contributed by atoms with Crippen LogP contribution in [0.4, 0.5) is 0 Å². The highest BCUT2D eigenvalue weighted by atomic mass is 32.2. The summed E-state index contributed by atoms with van der Waals surface area (Å²) in [6.07, 6.45) is -0.180. The molecule has 0 aliphatic carbocycles. The highest BCUT2D eigenvalue weighted by Crippen LogP contribution is 2.40. The molecule has 0 bridgehead atoms. The molecule has 0 atom stereocenters. The van der Waals surface area contributed by atoms with Crippen LogP contribution in [0.3, 0.4) is 0 Å². The van der Waals surface area contributed by atoms with Crippen LogP contribution < -0.4 is 18.9 Å². The predicted molar refractivity (Wildman–Crippen MR) is 133 cm³/mol. The van der Waals surface area contributed by atoms with Crippen LogP contribution in [0, 0.1) is 0 Å². The fourth-order valence-electron chi connectivity index (χ4n) is 3.55. The van der Waals surface area contributed by atoms with E-state index in [0.717, 1.165) is 10.8 Å². The first-order chi connectivity index (χ1) is 17.8. The molecule has 4 rings (SSSR count). The second-order valence-corrected chi connectivity index (χ2v) is 9.50. The number of hydrogen-bond acceptors (Lipinski definition) is 10. The number of benzene rings is 3. The van der Waals surface area contributed by atoms with Crippen molar-refractivity contribution in [3.8, 4) is 28.7 Å². The Morgan fingerprint density at radius 3 is 2.30 bits per heavy atom. The highest BCUT2D eigenvalue weighted by molar-refractivity contribution is 7.89. The number of rotatable bonds is 11. The molecule has 1 heterocycles. The summed E-state index contributed by atoms with van der Waals surface area (Å²) in [5.74, 6) is 0.832. The predicted octanol–water partition coefficient (Wildman–Crippen LogP) is 3.33. The van der Waals surface area contributed by atoms with Gasteiger partial charge in [0.25, 0.3) is 5.89 Å². The zero-order valence-electron chi connectivity index (χ0n) is 20.4. The van der Waals surface area contributed by atoms with Crippen molar-refractivity contribution in [2.45, 2.75) is 17.9 Å². The maximum absolute atomic E-state index is 12.6. The van der Waals surface area contributed by atoms with Crippen LogP contribution in [0.5, 0.6) is 17.2 Å². The van der Waals surface area contributed by atoms with Gasteiger partial charge in [-0.25, -0.2) is 13.1 Å². The highest BCUT2D eigenvalue weighted by Gasteiger charge is 2.19. The van der Waals surface area contributed by atoms with Gasteiger partial charge in [-0.2, -0.15) is 0 Å². The van der Waals surface area contributed by atoms with Crippen LogP contribution in [0.15, 0.2) is 63.9 Å². The van der Waals surface area contributed by atoms with Crippen molar-refractivity contribution in [2.24, 2.45) is 0 Å². The van der Waals surface area contributed by atoms with E-state index in [1.54, 1.807) is 24.3 Å². The third-order valence-corrected chi connectivity index (χ3v) is 6.85. The average Bonchev–Trinajstić information content (AvgIpc) is 3.39. The van der Waals surface area contributed by atoms with E-state index in [1.165, 1.54) is 27.4 Å². The van der Waals surface area contributed by atoms with Crippen molar-refractivity contribution in [2.75, 3.05) is 27.9 Å². The first kappa shape index (κ1) is 25.9. The van der Waals surface area contributed by atoms with Crippen molar-refractivity contribution in [1.29, 1.82) is 0 Å². The van der Waals surface area contributed by atoms with E-state index in [0.29, 0.717) is 22.8 Å². The molecular weight excluding hydrogens is 502 g/mol. The molecule has 0 unspecified atom stereocenters. The molecule has 0 fully saturated rings. The number of nitrogens with one attached hydrogen (secondary N) is 1. The van der Waals surface area contributed by atoms with Crippen molar-refractivity contribution in [3.05, 3.63) is 60.5 Å². The lowest BCUT2D eigenvalue weighted by Crippen LogP contribution is -2.26. The minimum absolute atomic E-state index is 0.0637. The van der Waals surface area contributed by atoms with Gasteiger partial charge in [0.05, 0.1) is 32.6 Å². The van der Waals surface area contributed by atoms with E-state index in [9.17, 15) is 13.2 Å². The summed E-state index contributed by atoms with van der Waals surface area (Å²) in [5, 5.41) is 9.58. The first-order valence-electron chi connectivity index (χ1n) is 11.1. The van der Waals surface area contributed by atoms with Gasteiger partial charge in [-0.3, -0.25) is 4.79 Å². The number of sulfonamides is 1. The molecule has 0 radical (unpaired) electrons. The molecule has 37 heavy (non-hydrogen) atoms. The summed E-state index contributed by atoms with van der Waals surface area (Å²) >= 11 is 0.